The predicted molar refractivity (Wildman–Crippen MR) is 78.8 cm³/mol. The van der Waals surface area contributed by atoms with E-state index in [2.05, 4.69) is 20.8 Å². The van der Waals surface area contributed by atoms with Crippen molar-refractivity contribution in [3.63, 3.8) is 0 Å². The molecular weight excluding hydrogens is 316 g/mol. The van der Waals surface area contributed by atoms with Crippen molar-refractivity contribution < 1.29 is 8.42 Å². The molecule has 100 valence electrons. The first-order valence-corrected chi connectivity index (χ1v) is 8.44. The van der Waals surface area contributed by atoms with E-state index in [0.717, 1.165) is 21.4 Å². The lowest BCUT2D eigenvalue weighted by Gasteiger charge is -2.36. The topological polar surface area (TPSA) is 63.4 Å². The minimum absolute atomic E-state index is 0.0110. The Bertz CT molecular complexity index is 572. The van der Waals surface area contributed by atoms with Crippen LogP contribution in [0.5, 0.6) is 0 Å². The highest BCUT2D eigenvalue weighted by molar-refractivity contribution is 9.10. The SMILES string of the molecule is Cc1cc(N2CCS(=O)(=O)CC2C)c(Br)cc1N. The molecule has 0 saturated carbocycles. The molecule has 0 bridgehead atoms. The molecule has 1 unspecified atom stereocenters. The number of benzene rings is 1. The van der Waals surface area contributed by atoms with Crippen LogP contribution in [-0.2, 0) is 9.84 Å². The van der Waals surface area contributed by atoms with E-state index in [9.17, 15) is 8.42 Å². The zero-order valence-corrected chi connectivity index (χ0v) is 12.9. The number of anilines is 2. The largest absolute Gasteiger partial charge is 0.398 e. The Morgan fingerprint density at radius 3 is 2.72 bits per heavy atom. The van der Waals surface area contributed by atoms with Crippen LogP contribution in [0.3, 0.4) is 0 Å². The smallest absolute Gasteiger partial charge is 0.154 e. The first-order chi connectivity index (χ1) is 8.30. The highest BCUT2D eigenvalue weighted by Gasteiger charge is 2.29. The van der Waals surface area contributed by atoms with Gasteiger partial charge in [-0.25, -0.2) is 8.42 Å². The predicted octanol–water partition coefficient (Wildman–Crippen LogP) is 1.96. The lowest BCUT2D eigenvalue weighted by molar-refractivity contribution is 0.568. The summed E-state index contributed by atoms with van der Waals surface area (Å²) in [6, 6.07) is 3.87. The highest BCUT2D eigenvalue weighted by Crippen LogP contribution is 2.33. The number of hydrogen-bond donors (Lipinski definition) is 1. The monoisotopic (exact) mass is 332 g/mol. The van der Waals surface area contributed by atoms with E-state index in [-0.39, 0.29) is 17.5 Å². The van der Waals surface area contributed by atoms with E-state index in [0.29, 0.717) is 6.54 Å². The third-order valence-electron chi connectivity index (χ3n) is 3.32. The van der Waals surface area contributed by atoms with Crippen LogP contribution in [0.2, 0.25) is 0 Å². The number of nitrogen functional groups attached to an aromatic ring is 1. The summed E-state index contributed by atoms with van der Waals surface area (Å²) in [5.41, 5.74) is 8.62. The minimum Gasteiger partial charge on any atom is -0.398 e. The lowest BCUT2D eigenvalue weighted by Crippen LogP contribution is -2.47. The van der Waals surface area contributed by atoms with E-state index in [1.807, 2.05) is 26.0 Å². The number of sulfone groups is 1. The van der Waals surface area contributed by atoms with Gasteiger partial charge in [-0.05, 0) is 47.5 Å². The Kier molecular flexibility index (Phi) is 3.60. The van der Waals surface area contributed by atoms with Crippen LogP contribution in [-0.4, -0.2) is 32.5 Å². The molecule has 0 aliphatic carbocycles. The van der Waals surface area contributed by atoms with Crippen molar-refractivity contribution in [1.29, 1.82) is 0 Å². The Morgan fingerprint density at radius 1 is 1.44 bits per heavy atom. The molecule has 2 rings (SSSR count). The Hall–Kier alpha value is -0.750. The number of halogens is 1. The summed E-state index contributed by atoms with van der Waals surface area (Å²) in [7, 11) is -2.89. The third kappa shape index (κ3) is 2.64. The van der Waals surface area contributed by atoms with Gasteiger partial charge < -0.3 is 10.6 Å². The van der Waals surface area contributed by atoms with Crippen molar-refractivity contribution in [3.8, 4) is 0 Å². The van der Waals surface area contributed by atoms with E-state index >= 15 is 0 Å². The third-order valence-corrected chi connectivity index (χ3v) is 5.75. The van der Waals surface area contributed by atoms with Crippen LogP contribution in [0.15, 0.2) is 16.6 Å². The molecule has 1 fully saturated rings. The van der Waals surface area contributed by atoms with E-state index in [1.54, 1.807) is 0 Å². The quantitative estimate of drug-likeness (QED) is 0.798. The fourth-order valence-electron chi connectivity index (χ4n) is 2.26. The minimum atomic E-state index is -2.89. The zero-order valence-electron chi connectivity index (χ0n) is 10.5. The average Bonchev–Trinajstić information content (AvgIpc) is 2.23. The van der Waals surface area contributed by atoms with Gasteiger partial charge in [-0.1, -0.05) is 0 Å². The van der Waals surface area contributed by atoms with Gasteiger partial charge in [0.1, 0.15) is 0 Å². The number of rotatable bonds is 1. The molecule has 1 saturated heterocycles. The number of hydrogen-bond acceptors (Lipinski definition) is 4. The maximum atomic E-state index is 11.6. The van der Waals surface area contributed by atoms with Crippen LogP contribution in [0.25, 0.3) is 0 Å². The Morgan fingerprint density at radius 2 is 2.11 bits per heavy atom. The summed E-state index contributed by atoms with van der Waals surface area (Å²) in [5, 5.41) is 0. The van der Waals surface area contributed by atoms with Gasteiger partial charge in [-0.15, -0.1) is 0 Å². The fraction of sp³-hybridized carbons (Fsp3) is 0.500. The van der Waals surface area contributed by atoms with Crippen LogP contribution in [0.4, 0.5) is 11.4 Å². The van der Waals surface area contributed by atoms with Gasteiger partial charge in [0.15, 0.2) is 9.84 Å². The highest BCUT2D eigenvalue weighted by atomic mass is 79.9. The van der Waals surface area contributed by atoms with Gasteiger partial charge in [0.25, 0.3) is 0 Å². The summed E-state index contributed by atoms with van der Waals surface area (Å²) < 4.78 is 24.1. The van der Waals surface area contributed by atoms with Crippen molar-refractivity contribution in [3.05, 3.63) is 22.2 Å². The number of nitrogens with two attached hydrogens (primary N) is 1. The summed E-state index contributed by atoms with van der Waals surface area (Å²) in [6.45, 7) is 4.43. The van der Waals surface area contributed by atoms with Gasteiger partial charge >= 0.3 is 0 Å². The molecule has 0 amide bonds. The summed E-state index contributed by atoms with van der Waals surface area (Å²) in [5.74, 6) is 0.427. The second-order valence-electron chi connectivity index (χ2n) is 4.82. The van der Waals surface area contributed by atoms with Crippen molar-refractivity contribution >= 4 is 37.1 Å². The van der Waals surface area contributed by atoms with Gasteiger partial charge in [0, 0.05) is 22.7 Å². The lowest BCUT2D eigenvalue weighted by atomic mass is 10.1. The second kappa shape index (κ2) is 4.74. The average molecular weight is 333 g/mol. The molecule has 0 aromatic heterocycles. The normalized spacial score (nSPS) is 23.1. The molecule has 2 N–H and O–H groups in total. The van der Waals surface area contributed by atoms with E-state index in [4.69, 9.17) is 5.73 Å². The summed E-state index contributed by atoms with van der Waals surface area (Å²) >= 11 is 3.50. The molecule has 1 atom stereocenters. The van der Waals surface area contributed by atoms with Crippen molar-refractivity contribution in [2.45, 2.75) is 19.9 Å². The first-order valence-electron chi connectivity index (χ1n) is 5.83. The Balaban J connectivity index is 2.36. The van der Waals surface area contributed by atoms with Crippen molar-refractivity contribution in [2.24, 2.45) is 0 Å². The number of aryl methyl sites for hydroxylation is 1. The van der Waals surface area contributed by atoms with Gasteiger partial charge in [0.05, 0.1) is 17.2 Å². The molecule has 0 radical (unpaired) electrons. The summed E-state index contributed by atoms with van der Waals surface area (Å²) in [6.07, 6.45) is 0. The van der Waals surface area contributed by atoms with Gasteiger partial charge in [-0.2, -0.15) is 0 Å². The van der Waals surface area contributed by atoms with E-state index in [1.165, 1.54) is 0 Å². The number of nitrogens with zero attached hydrogens (tertiary/aromatic N) is 1. The molecule has 6 heteroatoms. The molecule has 4 nitrogen and oxygen atoms in total. The van der Waals surface area contributed by atoms with Crippen molar-refractivity contribution in [1.82, 2.24) is 0 Å². The molecule has 1 aliphatic heterocycles. The van der Waals surface area contributed by atoms with Crippen LogP contribution < -0.4 is 10.6 Å². The first kappa shape index (κ1) is 13.7. The molecule has 1 aliphatic rings. The molecule has 1 heterocycles. The van der Waals surface area contributed by atoms with Gasteiger partial charge in [-0.3, -0.25) is 0 Å². The molecule has 1 aromatic carbocycles. The Labute approximate surface area is 116 Å². The fourth-order valence-corrected chi connectivity index (χ4v) is 4.40. The van der Waals surface area contributed by atoms with Crippen molar-refractivity contribution in [2.75, 3.05) is 28.7 Å². The van der Waals surface area contributed by atoms with Crippen LogP contribution in [0.1, 0.15) is 12.5 Å². The molecule has 1 aromatic rings. The zero-order chi connectivity index (χ0) is 13.5. The molecule has 0 spiro atoms. The van der Waals surface area contributed by atoms with Crippen LogP contribution >= 0.6 is 15.9 Å². The van der Waals surface area contributed by atoms with Gasteiger partial charge in [0.2, 0.25) is 0 Å². The second-order valence-corrected chi connectivity index (χ2v) is 7.90. The van der Waals surface area contributed by atoms with E-state index < -0.39 is 9.84 Å². The standard InChI is InChI=1S/C12H17BrN2O2S/c1-8-5-12(10(13)6-11(8)14)15-3-4-18(16,17)7-9(15)2/h5-6,9H,3-4,7,14H2,1-2H3. The maximum Gasteiger partial charge on any atom is 0.154 e. The summed E-state index contributed by atoms with van der Waals surface area (Å²) in [4.78, 5) is 2.12. The van der Waals surface area contributed by atoms with Crippen LogP contribution in [0, 0.1) is 6.92 Å². The maximum absolute atomic E-state index is 11.6. The molecule has 18 heavy (non-hydrogen) atoms. The molecular formula is C12H17BrN2O2S.